The van der Waals surface area contributed by atoms with Crippen LogP contribution in [0.25, 0.3) is 0 Å². The Morgan fingerprint density at radius 2 is 2.32 bits per heavy atom. The van der Waals surface area contributed by atoms with Crippen LogP contribution < -0.4 is 10.2 Å². The zero-order valence-corrected chi connectivity index (χ0v) is 12.1. The highest BCUT2D eigenvalue weighted by Crippen LogP contribution is 2.24. The first kappa shape index (κ1) is 14.3. The zero-order chi connectivity index (χ0) is 13.8. The molecule has 106 valence electrons. The molecular weight excluding hydrogens is 238 g/mol. The third kappa shape index (κ3) is 3.25. The van der Waals surface area contributed by atoms with Gasteiger partial charge in [-0.1, -0.05) is 13.8 Å². The molecule has 19 heavy (non-hydrogen) atoms. The number of pyridine rings is 1. The summed E-state index contributed by atoms with van der Waals surface area (Å²) in [5.74, 6) is 0.400. The lowest BCUT2D eigenvalue weighted by molar-refractivity contribution is 0.103. The minimum Gasteiger partial charge on any atom is -0.391 e. The fraction of sp³-hybridized carbons (Fsp3) is 0.667. The van der Waals surface area contributed by atoms with E-state index < -0.39 is 0 Å². The molecule has 2 N–H and O–H groups in total. The quantitative estimate of drug-likeness (QED) is 0.872. The van der Waals surface area contributed by atoms with Gasteiger partial charge >= 0.3 is 0 Å². The second-order valence-electron chi connectivity index (χ2n) is 5.47. The normalized spacial score (nSPS) is 25.4. The van der Waals surface area contributed by atoms with E-state index in [1.807, 2.05) is 13.2 Å². The molecule has 2 heterocycles. The maximum atomic E-state index is 9.96. The minimum absolute atomic E-state index is 0.228. The van der Waals surface area contributed by atoms with Crippen LogP contribution in [0.15, 0.2) is 18.3 Å². The smallest absolute Gasteiger partial charge is 0.0741 e. The Balaban J connectivity index is 2.06. The second kappa shape index (κ2) is 6.35. The van der Waals surface area contributed by atoms with Crippen LogP contribution in [0.3, 0.4) is 0 Å². The predicted molar refractivity (Wildman–Crippen MR) is 78.3 cm³/mol. The molecule has 1 aliphatic heterocycles. The molecule has 1 fully saturated rings. The van der Waals surface area contributed by atoms with Crippen molar-refractivity contribution in [3.05, 3.63) is 24.0 Å². The Morgan fingerprint density at radius 3 is 2.84 bits per heavy atom. The fourth-order valence-corrected chi connectivity index (χ4v) is 2.64. The second-order valence-corrected chi connectivity index (χ2v) is 5.47. The molecule has 1 aromatic heterocycles. The van der Waals surface area contributed by atoms with E-state index in [1.54, 1.807) is 0 Å². The van der Waals surface area contributed by atoms with Crippen LogP contribution in [-0.2, 0) is 0 Å². The molecule has 3 unspecified atom stereocenters. The van der Waals surface area contributed by atoms with Gasteiger partial charge in [-0.2, -0.15) is 0 Å². The van der Waals surface area contributed by atoms with Crippen molar-refractivity contribution in [3.8, 4) is 0 Å². The molecule has 0 aliphatic carbocycles. The molecule has 0 saturated carbocycles. The van der Waals surface area contributed by atoms with Crippen LogP contribution in [0.5, 0.6) is 0 Å². The number of aliphatic hydroxyl groups is 1. The van der Waals surface area contributed by atoms with E-state index in [1.165, 1.54) is 0 Å². The average Bonchev–Trinajstić information content (AvgIpc) is 2.44. The van der Waals surface area contributed by atoms with Crippen molar-refractivity contribution in [2.75, 3.05) is 25.0 Å². The third-order valence-corrected chi connectivity index (χ3v) is 4.17. The Bertz CT molecular complexity index is 389. The summed E-state index contributed by atoms with van der Waals surface area (Å²) in [6.07, 6.45) is 3.77. The van der Waals surface area contributed by atoms with E-state index in [-0.39, 0.29) is 6.10 Å². The largest absolute Gasteiger partial charge is 0.391 e. The molecule has 4 nitrogen and oxygen atoms in total. The van der Waals surface area contributed by atoms with Crippen LogP contribution >= 0.6 is 0 Å². The van der Waals surface area contributed by atoms with Gasteiger partial charge in [0.2, 0.25) is 0 Å². The van der Waals surface area contributed by atoms with Crippen LogP contribution in [0.2, 0.25) is 0 Å². The van der Waals surface area contributed by atoms with Crippen molar-refractivity contribution in [1.29, 1.82) is 0 Å². The zero-order valence-electron chi connectivity index (χ0n) is 12.1. The number of anilines is 1. The molecule has 1 aliphatic rings. The van der Waals surface area contributed by atoms with Gasteiger partial charge in [0.05, 0.1) is 23.7 Å². The number of piperidine rings is 1. The summed E-state index contributed by atoms with van der Waals surface area (Å²) in [7, 11) is 1.96. The Hall–Kier alpha value is -1.13. The van der Waals surface area contributed by atoms with Crippen LogP contribution in [0.1, 0.15) is 38.4 Å². The molecule has 4 heteroatoms. The topological polar surface area (TPSA) is 48.4 Å². The van der Waals surface area contributed by atoms with Crippen molar-refractivity contribution >= 4 is 5.69 Å². The average molecular weight is 263 g/mol. The van der Waals surface area contributed by atoms with Gasteiger partial charge in [-0.3, -0.25) is 4.98 Å². The van der Waals surface area contributed by atoms with Crippen molar-refractivity contribution < 1.29 is 5.11 Å². The van der Waals surface area contributed by atoms with Gasteiger partial charge in [-0.25, -0.2) is 0 Å². The van der Waals surface area contributed by atoms with E-state index in [2.05, 4.69) is 41.2 Å². The van der Waals surface area contributed by atoms with Crippen molar-refractivity contribution in [2.24, 2.45) is 5.92 Å². The van der Waals surface area contributed by atoms with Crippen LogP contribution in [0, 0.1) is 5.92 Å². The SMILES string of the molecule is CCC(NC)c1ccc(N2CCC(C)C(O)C2)cn1. The molecule has 0 spiro atoms. The summed E-state index contributed by atoms with van der Waals surface area (Å²) < 4.78 is 0. The van der Waals surface area contributed by atoms with Crippen molar-refractivity contribution in [1.82, 2.24) is 10.3 Å². The molecule has 0 radical (unpaired) electrons. The first-order chi connectivity index (χ1) is 9.15. The molecule has 2 rings (SSSR count). The Morgan fingerprint density at radius 1 is 1.53 bits per heavy atom. The van der Waals surface area contributed by atoms with Gasteiger partial charge in [0, 0.05) is 19.1 Å². The van der Waals surface area contributed by atoms with Gasteiger partial charge in [0.1, 0.15) is 0 Å². The van der Waals surface area contributed by atoms with Gasteiger partial charge in [-0.15, -0.1) is 0 Å². The monoisotopic (exact) mass is 263 g/mol. The van der Waals surface area contributed by atoms with E-state index in [4.69, 9.17) is 0 Å². The molecular formula is C15H25N3O. The van der Waals surface area contributed by atoms with Crippen LogP contribution in [0.4, 0.5) is 5.69 Å². The van der Waals surface area contributed by atoms with Gasteiger partial charge in [0.15, 0.2) is 0 Å². The summed E-state index contributed by atoms with van der Waals surface area (Å²) in [6.45, 7) is 5.98. The maximum Gasteiger partial charge on any atom is 0.0741 e. The molecule has 0 amide bonds. The number of β-amino-alcohol motifs (C(OH)–C–C–N with tert-alkyl or cyclic N) is 1. The highest BCUT2D eigenvalue weighted by atomic mass is 16.3. The van der Waals surface area contributed by atoms with Gasteiger partial charge in [0.25, 0.3) is 0 Å². The molecule has 3 atom stereocenters. The standard InChI is InChI=1S/C15H25N3O/c1-4-13(16-3)14-6-5-12(9-17-14)18-8-7-11(2)15(19)10-18/h5-6,9,11,13,15-16,19H,4,7-8,10H2,1-3H3. The Kier molecular flexibility index (Phi) is 4.77. The van der Waals surface area contributed by atoms with Crippen LogP contribution in [-0.4, -0.2) is 36.3 Å². The number of aromatic nitrogens is 1. The fourth-order valence-electron chi connectivity index (χ4n) is 2.64. The molecule has 1 saturated heterocycles. The first-order valence-electron chi connectivity index (χ1n) is 7.22. The number of aliphatic hydroxyl groups excluding tert-OH is 1. The summed E-state index contributed by atoms with van der Waals surface area (Å²) in [5.41, 5.74) is 2.19. The van der Waals surface area contributed by atoms with Crippen molar-refractivity contribution in [2.45, 2.75) is 38.8 Å². The minimum atomic E-state index is -0.228. The third-order valence-electron chi connectivity index (χ3n) is 4.17. The number of rotatable bonds is 4. The van der Waals surface area contributed by atoms with E-state index >= 15 is 0 Å². The lowest BCUT2D eigenvalue weighted by Crippen LogP contribution is -2.42. The summed E-state index contributed by atoms with van der Waals surface area (Å²) in [6, 6.07) is 4.52. The van der Waals surface area contributed by atoms with E-state index in [0.29, 0.717) is 18.5 Å². The summed E-state index contributed by atoms with van der Waals surface area (Å²) in [4.78, 5) is 6.78. The number of nitrogens with one attached hydrogen (secondary N) is 1. The molecule has 0 aromatic carbocycles. The summed E-state index contributed by atoms with van der Waals surface area (Å²) in [5, 5.41) is 13.2. The maximum absolute atomic E-state index is 9.96. The van der Waals surface area contributed by atoms with Crippen molar-refractivity contribution in [3.63, 3.8) is 0 Å². The van der Waals surface area contributed by atoms with Gasteiger partial charge < -0.3 is 15.3 Å². The van der Waals surface area contributed by atoms with E-state index in [9.17, 15) is 5.11 Å². The first-order valence-corrected chi connectivity index (χ1v) is 7.22. The predicted octanol–water partition coefficient (Wildman–Crippen LogP) is 1.96. The highest BCUT2D eigenvalue weighted by Gasteiger charge is 2.24. The number of hydrogen-bond donors (Lipinski definition) is 2. The lowest BCUT2D eigenvalue weighted by atomic mass is 9.96. The Labute approximate surface area is 115 Å². The highest BCUT2D eigenvalue weighted by molar-refractivity contribution is 5.45. The number of hydrogen-bond acceptors (Lipinski definition) is 4. The molecule has 0 bridgehead atoms. The lowest BCUT2D eigenvalue weighted by Gasteiger charge is -2.35. The molecule has 1 aromatic rings. The van der Waals surface area contributed by atoms with E-state index in [0.717, 1.165) is 30.8 Å². The number of nitrogens with zero attached hydrogens (tertiary/aromatic N) is 2. The van der Waals surface area contributed by atoms with Gasteiger partial charge in [-0.05, 0) is 37.9 Å². The summed E-state index contributed by atoms with van der Waals surface area (Å²) >= 11 is 0.